The summed E-state index contributed by atoms with van der Waals surface area (Å²) in [6, 6.07) is -0.365. The summed E-state index contributed by atoms with van der Waals surface area (Å²) in [5, 5.41) is 8.96. The fraction of sp³-hybridized carbons (Fsp3) is 0.818. The molecule has 3 atom stereocenters. The van der Waals surface area contributed by atoms with Gasteiger partial charge in [-0.05, 0) is 20.8 Å². The van der Waals surface area contributed by atoms with Gasteiger partial charge in [-0.15, -0.1) is 0 Å². The van der Waals surface area contributed by atoms with Crippen molar-refractivity contribution < 1.29 is 24.2 Å². The van der Waals surface area contributed by atoms with Crippen LogP contribution in [0.1, 0.15) is 20.8 Å². The number of carbonyl (C=O) groups excluding carboxylic acids is 1. The standard InChI is InChI=1S/C11H17NO5/c1-11(2,3)17-10(15)12-4-5-16-8-6(7(8)12)9(13)14/h6-8H,4-5H2,1-3H3,(H,13,14)/t6-,7-,8-/m1/s1. The van der Waals surface area contributed by atoms with Crippen LogP contribution in [0.25, 0.3) is 0 Å². The lowest BCUT2D eigenvalue weighted by Crippen LogP contribution is -2.44. The average Bonchev–Trinajstić information content (AvgIpc) is 2.87. The molecule has 1 aliphatic heterocycles. The molecule has 0 aromatic rings. The smallest absolute Gasteiger partial charge is 0.410 e. The molecule has 2 rings (SSSR count). The summed E-state index contributed by atoms with van der Waals surface area (Å²) in [5.41, 5.74) is -0.571. The Morgan fingerprint density at radius 1 is 1.41 bits per heavy atom. The number of amides is 1. The third-order valence-electron chi connectivity index (χ3n) is 2.83. The molecule has 6 heteroatoms. The minimum Gasteiger partial charge on any atom is -0.481 e. The molecule has 0 radical (unpaired) electrons. The van der Waals surface area contributed by atoms with Crippen LogP contribution in [0.3, 0.4) is 0 Å². The first kappa shape index (κ1) is 12.2. The second-order valence-corrected chi connectivity index (χ2v) is 5.36. The highest BCUT2D eigenvalue weighted by Gasteiger charge is 2.63. The maximum absolute atomic E-state index is 11.9. The number of ether oxygens (including phenoxy) is 2. The largest absolute Gasteiger partial charge is 0.481 e. The normalized spacial score (nSPS) is 31.7. The Morgan fingerprint density at radius 2 is 2.06 bits per heavy atom. The van der Waals surface area contributed by atoms with E-state index in [4.69, 9.17) is 14.6 Å². The van der Waals surface area contributed by atoms with Crippen LogP contribution < -0.4 is 0 Å². The number of aliphatic carboxylic acids is 1. The molecule has 1 N–H and O–H groups in total. The number of hydrogen-bond acceptors (Lipinski definition) is 4. The Hall–Kier alpha value is -1.30. The lowest BCUT2D eigenvalue weighted by atomic mass is 10.2. The van der Waals surface area contributed by atoms with E-state index in [2.05, 4.69) is 0 Å². The van der Waals surface area contributed by atoms with Crippen LogP contribution >= 0.6 is 0 Å². The van der Waals surface area contributed by atoms with Crippen molar-refractivity contribution in [2.24, 2.45) is 5.92 Å². The fourth-order valence-corrected chi connectivity index (χ4v) is 2.10. The van der Waals surface area contributed by atoms with Gasteiger partial charge in [-0.2, -0.15) is 0 Å². The third-order valence-corrected chi connectivity index (χ3v) is 2.83. The highest BCUT2D eigenvalue weighted by Crippen LogP contribution is 2.42. The zero-order valence-electron chi connectivity index (χ0n) is 10.2. The van der Waals surface area contributed by atoms with E-state index in [1.165, 1.54) is 4.90 Å². The van der Waals surface area contributed by atoms with E-state index in [9.17, 15) is 9.59 Å². The predicted molar refractivity (Wildman–Crippen MR) is 57.6 cm³/mol. The Morgan fingerprint density at radius 3 is 2.59 bits per heavy atom. The molecule has 2 aliphatic rings. The van der Waals surface area contributed by atoms with E-state index in [0.29, 0.717) is 13.2 Å². The molecule has 1 heterocycles. The Kier molecular flexibility index (Phi) is 2.77. The molecule has 0 aromatic heterocycles. The quantitative estimate of drug-likeness (QED) is 0.733. The lowest BCUT2D eigenvalue weighted by molar-refractivity contribution is -0.139. The third kappa shape index (κ3) is 2.36. The topological polar surface area (TPSA) is 76.1 Å². The number of morpholine rings is 1. The summed E-state index contributed by atoms with van der Waals surface area (Å²) in [4.78, 5) is 24.3. The van der Waals surface area contributed by atoms with Gasteiger partial charge in [0.25, 0.3) is 0 Å². The molecule has 1 amide bonds. The molecule has 1 aliphatic carbocycles. The van der Waals surface area contributed by atoms with Gasteiger partial charge in [0.05, 0.1) is 18.8 Å². The molecular weight excluding hydrogens is 226 g/mol. The Labute approximate surface area is 99.5 Å². The van der Waals surface area contributed by atoms with Gasteiger partial charge in [0.2, 0.25) is 0 Å². The van der Waals surface area contributed by atoms with Gasteiger partial charge in [0.1, 0.15) is 11.5 Å². The van der Waals surface area contributed by atoms with E-state index in [0.717, 1.165) is 0 Å². The summed E-state index contributed by atoms with van der Waals surface area (Å²) in [6.07, 6.45) is -0.826. The minimum atomic E-state index is -0.921. The van der Waals surface area contributed by atoms with Gasteiger partial charge in [-0.3, -0.25) is 9.69 Å². The van der Waals surface area contributed by atoms with Crippen molar-refractivity contribution in [2.75, 3.05) is 13.2 Å². The van der Waals surface area contributed by atoms with E-state index in [1.54, 1.807) is 20.8 Å². The van der Waals surface area contributed by atoms with Crippen LogP contribution in [0.15, 0.2) is 0 Å². The van der Waals surface area contributed by atoms with Crippen molar-refractivity contribution in [1.82, 2.24) is 4.90 Å². The van der Waals surface area contributed by atoms with Crippen LogP contribution in [-0.4, -0.2) is 53.0 Å². The van der Waals surface area contributed by atoms with Gasteiger partial charge < -0.3 is 14.6 Å². The highest BCUT2D eigenvalue weighted by molar-refractivity contribution is 5.79. The summed E-state index contributed by atoms with van der Waals surface area (Å²) in [5.74, 6) is -1.53. The van der Waals surface area contributed by atoms with Crippen LogP contribution in [0, 0.1) is 5.92 Å². The van der Waals surface area contributed by atoms with Gasteiger partial charge in [-0.1, -0.05) is 0 Å². The van der Waals surface area contributed by atoms with E-state index in [1.807, 2.05) is 0 Å². The van der Waals surface area contributed by atoms with Crippen LogP contribution in [-0.2, 0) is 14.3 Å². The monoisotopic (exact) mass is 243 g/mol. The van der Waals surface area contributed by atoms with E-state index in [-0.39, 0.29) is 12.1 Å². The zero-order chi connectivity index (χ0) is 12.8. The molecule has 2 fully saturated rings. The molecule has 0 bridgehead atoms. The van der Waals surface area contributed by atoms with Crippen LogP contribution in [0.2, 0.25) is 0 Å². The minimum absolute atomic E-state index is 0.365. The van der Waals surface area contributed by atoms with E-state index < -0.39 is 23.6 Å². The molecule has 1 saturated heterocycles. The first-order chi connectivity index (χ1) is 7.81. The summed E-state index contributed by atoms with van der Waals surface area (Å²) < 4.78 is 10.5. The van der Waals surface area contributed by atoms with Crippen molar-refractivity contribution in [3.8, 4) is 0 Å². The van der Waals surface area contributed by atoms with Crippen molar-refractivity contribution in [3.05, 3.63) is 0 Å². The first-order valence-corrected chi connectivity index (χ1v) is 5.65. The molecular formula is C11H17NO5. The molecule has 96 valence electrons. The van der Waals surface area contributed by atoms with Crippen molar-refractivity contribution in [3.63, 3.8) is 0 Å². The molecule has 0 aromatic carbocycles. The summed E-state index contributed by atoms with van der Waals surface area (Å²) >= 11 is 0. The average molecular weight is 243 g/mol. The number of carbonyl (C=O) groups is 2. The number of hydrogen-bond donors (Lipinski definition) is 1. The van der Waals surface area contributed by atoms with Gasteiger partial charge in [0, 0.05) is 6.54 Å². The lowest BCUT2D eigenvalue weighted by Gasteiger charge is -2.29. The number of nitrogens with zero attached hydrogens (tertiary/aromatic N) is 1. The van der Waals surface area contributed by atoms with E-state index >= 15 is 0 Å². The predicted octanol–water partition coefficient (Wildman–Crippen LogP) is 0.705. The van der Waals surface area contributed by atoms with Gasteiger partial charge in [0.15, 0.2) is 0 Å². The molecule has 0 spiro atoms. The maximum atomic E-state index is 11.9. The van der Waals surface area contributed by atoms with Crippen molar-refractivity contribution in [1.29, 1.82) is 0 Å². The second kappa shape index (κ2) is 3.87. The fourth-order valence-electron chi connectivity index (χ4n) is 2.10. The molecule has 0 unspecified atom stereocenters. The number of rotatable bonds is 1. The zero-order valence-corrected chi connectivity index (χ0v) is 10.2. The number of carboxylic acid groups (broad SMARTS) is 1. The van der Waals surface area contributed by atoms with Gasteiger partial charge in [-0.25, -0.2) is 4.79 Å². The maximum Gasteiger partial charge on any atom is 0.410 e. The highest BCUT2D eigenvalue weighted by atomic mass is 16.6. The number of fused-ring (bicyclic) bond motifs is 1. The molecule has 6 nitrogen and oxygen atoms in total. The van der Waals surface area contributed by atoms with Crippen molar-refractivity contribution in [2.45, 2.75) is 38.5 Å². The Balaban J connectivity index is 2.02. The van der Waals surface area contributed by atoms with Gasteiger partial charge >= 0.3 is 12.1 Å². The van der Waals surface area contributed by atoms with Crippen molar-refractivity contribution >= 4 is 12.1 Å². The number of carboxylic acids is 1. The SMILES string of the molecule is CC(C)(C)OC(=O)N1CCO[C@@H]2[C@H](C(=O)O)[C@H]21. The molecule has 17 heavy (non-hydrogen) atoms. The summed E-state index contributed by atoms with van der Waals surface area (Å²) in [6.45, 7) is 6.10. The van der Waals surface area contributed by atoms with Crippen LogP contribution in [0.5, 0.6) is 0 Å². The second-order valence-electron chi connectivity index (χ2n) is 5.36. The van der Waals surface area contributed by atoms with Crippen LogP contribution in [0.4, 0.5) is 4.79 Å². The summed E-state index contributed by atoms with van der Waals surface area (Å²) in [7, 11) is 0. The first-order valence-electron chi connectivity index (χ1n) is 5.65. The Bertz CT molecular complexity index is 348. The molecule has 1 saturated carbocycles.